The minimum Gasteiger partial charge on any atom is -0.497 e. The van der Waals surface area contributed by atoms with Gasteiger partial charge in [0.15, 0.2) is 0 Å². The molecule has 2 N–H and O–H groups in total. The lowest BCUT2D eigenvalue weighted by Gasteiger charge is -2.51. The van der Waals surface area contributed by atoms with Crippen molar-refractivity contribution in [3.8, 4) is 5.75 Å². The Bertz CT molecular complexity index is 876. The average molecular weight is 378 g/mol. The summed E-state index contributed by atoms with van der Waals surface area (Å²) < 4.78 is 5.45. The predicted octanol–water partition coefficient (Wildman–Crippen LogP) is 2.37. The number of likely N-dealkylation sites (tertiary alicyclic amines) is 1. The molecule has 6 rings (SSSR count). The number of pyridine rings is 1. The average Bonchev–Trinajstić information content (AvgIpc) is 3.18. The fraction of sp³-hybridized carbons (Fsp3) is 0.455. The summed E-state index contributed by atoms with van der Waals surface area (Å²) in [4.78, 5) is 22.2. The van der Waals surface area contributed by atoms with E-state index in [0.717, 1.165) is 25.4 Å². The van der Waals surface area contributed by atoms with Crippen molar-refractivity contribution in [2.75, 3.05) is 32.5 Å². The molecule has 5 heterocycles. The molecule has 1 amide bonds. The summed E-state index contributed by atoms with van der Waals surface area (Å²) in [5.41, 5.74) is 7.58. The first-order chi connectivity index (χ1) is 13.7. The quantitative estimate of drug-likeness (QED) is 0.888. The van der Waals surface area contributed by atoms with Crippen molar-refractivity contribution in [1.82, 2.24) is 14.8 Å². The van der Waals surface area contributed by atoms with Gasteiger partial charge in [-0.2, -0.15) is 0 Å². The third-order valence-corrected chi connectivity index (χ3v) is 6.81. The number of aromatic nitrogens is 1. The molecule has 4 saturated heterocycles. The lowest BCUT2D eigenvalue weighted by atomic mass is 9.75. The second kappa shape index (κ2) is 6.78. The van der Waals surface area contributed by atoms with Crippen LogP contribution in [0.4, 0.5) is 5.82 Å². The van der Waals surface area contributed by atoms with Crippen LogP contribution >= 0.6 is 0 Å². The molecule has 1 aromatic heterocycles. The van der Waals surface area contributed by atoms with E-state index < -0.39 is 0 Å². The van der Waals surface area contributed by atoms with Crippen LogP contribution in [0, 0.1) is 5.92 Å². The van der Waals surface area contributed by atoms with Crippen molar-refractivity contribution < 1.29 is 9.53 Å². The lowest BCUT2D eigenvalue weighted by Crippen LogP contribution is -2.60. The van der Waals surface area contributed by atoms with Gasteiger partial charge in [-0.05, 0) is 61.7 Å². The largest absolute Gasteiger partial charge is 0.497 e. The Morgan fingerprint density at radius 1 is 1.18 bits per heavy atom. The van der Waals surface area contributed by atoms with Crippen molar-refractivity contribution >= 4 is 11.7 Å². The molecule has 0 radical (unpaired) electrons. The summed E-state index contributed by atoms with van der Waals surface area (Å²) >= 11 is 0. The van der Waals surface area contributed by atoms with E-state index in [0.29, 0.717) is 29.3 Å². The summed E-state index contributed by atoms with van der Waals surface area (Å²) in [6.45, 7) is 3.01. The Kier molecular flexibility index (Phi) is 4.23. The number of amides is 1. The molecule has 0 saturated carbocycles. The molecule has 4 aliphatic rings. The van der Waals surface area contributed by atoms with E-state index in [2.05, 4.69) is 26.9 Å². The number of nitrogens with two attached hydrogens (primary N) is 1. The minimum absolute atomic E-state index is 0.0710. The molecular weight excluding hydrogens is 352 g/mol. The topological polar surface area (TPSA) is 71.7 Å². The second-order valence-corrected chi connectivity index (χ2v) is 8.17. The molecule has 4 aliphatic heterocycles. The van der Waals surface area contributed by atoms with Gasteiger partial charge in [-0.1, -0.05) is 12.1 Å². The number of ether oxygens (including phenoxy) is 1. The van der Waals surface area contributed by atoms with E-state index in [9.17, 15) is 4.79 Å². The highest BCUT2D eigenvalue weighted by molar-refractivity contribution is 5.94. The van der Waals surface area contributed by atoms with Crippen LogP contribution < -0.4 is 10.5 Å². The van der Waals surface area contributed by atoms with Gasteiger partial charge in [-0.15, -0.1) is 0 Å². The van der Waals surface area contributed by atoms with Crippen molar-refractivity contribution in [2.24, 2.45) is 5.92 Å². The number of fused-ring (bicyclic) bond motifs is 2. The van der Waals surface area contributed by atoms with E-state index in [1.54, 1.807) is 25.4 Å². The molecule has 6 heteroatoms. The van der Waals surface area contributed by atoms with Crippen LogP contribution in [0.15, 0.2) is 42.6 Å². The SMILES string of the molecule is COc1cccc([C@@H]2CN(C(=O)c3ccc(N)nc3)[C@@H]3C4CCN(CC4)[C@@H]32)c1. The number of hydrogen-bond donors (Lipinski definition) is 1. The molecule has 2 bridgehead atoms. The van der Waals surface area contributed by atoms with E-state index in [1.165, 1.54) is 18.4 Å². The first kappa shape index (κ1) is 17.5. The Labute approximate surface area is 165 Å². The van der Waals surface area contributed by atoms with Crippen LogP contribution in [-0.2, 0) is 0 Å². The van der Waals surface area contributed by atoms with Crippen LogP contribution in [0.5, 0.6) is 5.75 Å². The Morgan fingerprint density at radius 2 is 2.00 bits per heavy atom. The molecule has 0 spiro atoms. The smallest absolute Gasteiger partial charge is 0.255 e. The van der Waals surface area contributed by atoms with Gasteiger partial charge in [0.2, 0.25) is 0 Å². The van der Waals surface area contributed by atoms with E-state index in [1.807, 2.05) is 12.1 Å². The number of carbonyl (C=O) groups is 1. The highest BCUT2D eigenvalue weighted by Crippen LogP contribution is 2.47. The summed E-state index contributed by atoms with van der Waals surface area (Å²) in [5, 5.41) is 0. The zero-order valence-electron chi connectivity index (χ0n) is 16.1. The predicted molar refractivity (Wildman–Crippen MR) is 107 cm³/mol. The molecule has 1 aromatic carbocycles. The summed E-state index contributed by atoms with van der Waals surface area (Å²) in [6.07, 6.45) is 3.96. The zero-order valence-corrected chi connectivity index (χ0v) is 16.1. The number of hydrogen-bond acceptors (Lipinski definition) is 5. The minimum atomic E-state index is 0.0710. The standard InChI is InChI=1S/C22H26N4O2/c1-28-17-4-2-3-15(11-17)18-13-26(22(27)16-5-6-19(23)24-12-16)20-14-7-9-25(10-8-14)21(18)20/h2-6,11-12,14,18,20-21H,7-10,13H2,1H3,(H2,23,24)/t18-,20+,21+/m0/s1. The Hall–Kier alpha value is -2.60. The van der Waals surface area contributed by atoms with Gasteiger partial charge in [-0.3, -0.25) is 9.69 Å². The van der Waals surface area contributed by atoms with Crippen molar-refractivity contribution in [2.45, 2.75) is 30.8 Å². The van der Waals surface area contributed by atoms with Gasteiger partial charge < -0.3 is 15.4 Å². The Morgan fingerprint density at radius 3 is 2.71 bits per heavy atom. The van der Waals surface area contributed by atoms with E-state index >= 15 is 0 Å². The maximum atomic E-state index is 13.4. The van der Waals surface area contributed by atoms with Gasteiger partial charge in [-0.25, -0.2) is 4.98 Å². The van der Waals surface area contributed by atoms with Crippen LogP contribution in [0.1, 0.15) is 34.7 Å². The molecule has 146 valence electrons. The maximum absolute atomic E-state index is 13.4. The summed E-state index contributed by atoms with van der Waals surface area (Å²) in [6, 6.07) is 12.5. The number of piperidine rings is 3. The molecule has 2 aromatic rings. The van der Waals surface area contributed by atoms with Gasteiger partial charge in [0, 0.05) is 24.7 Å². The van der Waals surface area contributed by atoms with Crippen LogP contribution in [0.3, 0.4) is 0 Å². The number of benzene rings is 1. The van der Waals surface area contributed by atoms with Crippen molar-refractivity contribution in [1.29, 1.82) is 0 Å². The highest BCUT2D eigenvalue weighted by Gasteiger charge is 2.54. The monoisotopic (exact) mass is 378 g/mol. The number of nitrogens with zero attached hydrogens (tertiary/aromatic N) is 3. The fourth-order valence-electron chi connectivity index (χ4n) is 5.52. The third-order valence-electron chi connectivity index (χ3n) is 6.81. The maximum Gasteiger partial charge on any atom is 0.255 e. The molecule has 6 nitrogen and oxygen atoms in total. The normalized spacial score (nSPS) is 30.9. The van der Waals surface area contributed by atoms with E-state index in [4.69, 9.17) is 10.5 Å². The first-order valence-electron chi connectivity index (χ1n) is 10.1. The molecule has 3 atom stereocenters. The van der Waals surface area contributed by atoms with Crippen LogP contribution in [0.25, 0.3) is 0 Å². The number of methoxy groups -OCH3 is 1. The summed E-state index contributed by atoms with van der Waals surface area (Å²) in [5.74, 6) is 2.26. The molecule has 0 unspecified atom stereocenters. The number of anilines is 1. The second-order valence-electron chi connectivity index (χ2n) is 8.17. The van der Waals surface area contributed by atoms with Gasteiger partial charge in [0.1, 0.15) is 11.6 Å². The number of nitrogen functional groups attached to an aromatic ring is 1. The van der Waals surface area contributed by atoms with Crippen molar-refractivity contribution in [3.05, 3.63) is 53.7 Å². The van der Waals surface area contributed by atoms with E-state index in [-0.39, 0.29) is 11.9 Å². The van der Waals surface area contributed by atoms with Gasteiger partial charge >= 0.3 is 0 Å². The van der Waals surface area contributed by atoms with Gasteiger partial charge in [0.25, 0.3) is 5.91 Å². The first-order valence-corrected chi connectivity index (χ1v) is 10.1. The molecule has 0 aliphatic carbocycles. The molecule has 28 heavy (non-hydrogen) atoms. The fourth-order valence-corrected chi connectivity index (χ4v) is 5.52. The number of rotatable bonds is 3. The molecular formula is C22H26N4O2. The zero-order chi connectivity index (χ0) is 19.3. The Balaban J connectivity index is 1.51. The molecule has 4 fully saturated rings. The highest BCUT2D eigenvalue weighted by atomic mass is 16.5. The number of carbonyl (C=O) groups excluding carboxylic acids is 1. The van der Waals surface area contributed by atoms with Crippen molar-refractivity contribution in [3.63, 3.8) is 0 Å². The van der Waals surface area contributed by atoms with Crippen LogP contribution in [-0.4, -0.2) is 59.5 Å². The third kappa shape index (κ3) is 2.75. The summed E-state index contributed by atoms with van der Waals surface area (Å²) in [7, 11) is 1.70. The lowest BCUT2D eigenvalue weighted by molar-refractivity contribution is -0.00342. The van der Waals surface area contributed by atoms with Gasteiger partial charge in [0.05, 0.1) is 18.7 Å². The van der Waals surface area contributed by atoms with Crippen LogP contribution in [0.2, 0.25) is 0 Å².